The van der Waals surface area contributed by atoms with Gasteiger partial charge >= 0.3 is 5.97 Å². The van der Waals surface area contributed by atoms with Gasteiger partial charge in [-0.1, -0.05) is 48.5 Å². The number of hydrogen-bond acceptors (Lipinski definition) is 3. The molecule has 1 atom stereocenters. The van der Waals surface area contributed by atoms with Gasteiger partial charge in [0.15, 0.2) is 19.1 Å². The topological polar surface area (TPSA) is 83.5 Å². The van der Waals surface area contributed by atoms with Crippen LogP contribution in [0.25, 0.3) is 0 Å². The van der Waals surface area contributed by atoms with Crippen LogP contribution in [0.5, 0.6) is 0 Å². The number of aliphatic carboxylic acids is 1. The standard InChI is InChI=1S/C16H15NO3.C3H4F2O/c18-15(13-9-5-2-6-10-13)17-14(16(19)20)11-12-7-3-1-4-8-12;4-1-3(6)2-5/h1-10,14H,11H2,(H,17,18)(H,19,20);1-2H2/t14-;/m0./s1. The fraction of sp³-hybridized carbons (Fsp3) is 0.211. The third-order valence-corrected chi connectivity index (χ3v) is 3.22. The predicted octanol–water partition coefficient (Wildman–Crippen LogP) is 2.61. The lowest BCUT2D eigenvalue weighted by Gasteiger charge is -2.14. The molecule has 5 nitrogen and oxygen atoms in total. The van der Waals surface area contributed by atoms with E-state index >= 15 is 0 Å². The van der Waals surface area contributed by atoms with Crippen molar-refractivity contribution in [2.24, 2.45) is 0 Å². The summed E-state index contributed by atoms with van der Waals surface area (Å²) in [4.78, 5) is 32.7. The highest BCUT2D eigenvalue weighted by Crippen LogP contribution is 2.05. The van der Waals surface area contributed by atoms with Gasteiger partial charge in [0.1, 0.15) is 6.04 Å². The Kier molecular flexibility index (Phi) is 9.24. The number of ketones is 1. The van der Waals surface area contributed by atoms with Crippen LogP contribution < -0.4 is 5.32 Å². The van der Waals surface area contributed by atoms with E-state index in [2.05, 4.69) is 5.32 Å². The minimum absolute atomic E-state index is 0.259. The fourth-order valence-corrected chi connectivity index (χ4v) is 1.92. The monoisotopic (exact) mass is 363 g/mol. The van der Waals surface area contributed by atoms with Crippen molar-refractivity contribution in [2.75, 3.05) is 13.3 Å². The molecule has 0 bridgehead atoms. The lowest BCUT2D eigenvalue weighted by molar-refractivity contribution is -0.139. The number of nitrogens with one attached hydrogen (secondary N) is 1. The Morgan fingerprint density at radius 2 is 1.38 bits per heavy atom. The zero-order chi connectivity index (χ0) is 19.4. The molecule has 2 rings (SSSR count). The van der Waals surface area contributed by atoms with Crippen molar-refractivity contribution in [1.82, 2.24) is 5.32 Å². The molecule has 0 aliphatic heterocycles. The van der Waals surface area contributed by atoms with Crippen LogP contribution in [0.1, 0.15) is 15.9 Å². The summed E-state index contributed by atoms with van der Waals surface area (Å²) in [7, 11) is 0. The van der Waals surface area contributed by atoms with Crippen molar-refractivity contribution >= 4 is 17.7 Å². The number of hydrogen-bond donors (Lipinski definition) is 2. The highest BCUT2D eigenvalue weighted by molar-refractivity contribution is 5.96. The van der Waals surface area contributed by atoms with Gasteiger partial charge in [0.2, 0.25) is 0 Å². The summed E-state index contributed by atoms with van der Waals surface area (Å²) in [5.41, 5.74) is 1.32. The van der Waals surface area contributed by atoms with Crippen LogP contribution in [-0.4, -0.2) is 42.2 Å². The molecular weight excluding hydrogens is 344 g/mol. The molecule has 2 N–H and O–H groups in total. The van der Waals surface area contributed by atoms with E-state index in [-0.39, 0.29) is 12.3 Å². The molecular formula is C19H19F2NO4. The van der Waals surface area contributed by atoms with Gasteiger partial charge in [0, 0.05) is 12.0 Å². The van der Waals surface area contributed by atoms with Crippen LogP contribution >= 0.6 is 0 Å². The summed E-state index contributed by atoms with van der Waals surface area (Å²) in [6, 6.07) is 16.9. The number of rotatable bonds is 7. The van der Waals surface area contributed by atoms with Crippen molar-refractivity contribution in [3.8, 4) is 0 Å². The number of benzene rings is 2. The molecule has 7 heteroatoms. The van der Waals surface area contributed by atoms with E-state index in [4.69, 9.17) is 0 Å². The highest BCUT2D eigenvalue weighted by atomic mass is 19.1. The zero-order valence-corrected chi connectivity index (χ0v) is 13.9. The fourth-order valence-electron chi connectivity index (χ4n) is 1.92. The molecule has 0 radical (unpaired) electrons. The molecule has 0 heterocycles. The summed E-state index contributed by atoms with van der Waals surface area (Å²) in [5, 5.41) is 11.8. The number of alkyl halides is 2. The summed E-state index contributed by atoms with van der Waals surface area (Å²) in [5.74, 6) is -2.41. The number of amides is 1. The highest BCUT2D eigenvalue weighted by Gasteiger charge is 2.20. The number of carboxylic acid groups (broad SMARTS) is 1. The third-order valence-electron chi connectivity index (χ3n) is 3.22. The molecule has 0 aromatic heterocycles. The quantitative estimate of drug-likeness (QED) is 0.792. The zero-order valence-electron chi connectivity index (χ0n) is 13.9. The molecule has 0 saturated carbocycles. The first kappa shape index (κ1) is 21.0. The molecule has 0 spiro atoms. The first-order valence-electron chi connectivity index (χ1n) is 7.74. The van der Waals surface area contributed by atoms with Gasteiger partial charge in [-0.25, -0.2) is 13.6 Å². The number of carboxylic acids is 1. The van der Waals surface area contributed by atoms with Crippen LogP contribution in [0.15, 0.2) is 60.7 Å². The van der Waals surface area contributed by atoms with E-state index in [1.165, 1.54) is 0 Å². The Morgan fingerprint density at radius 1 is 0.885 bits per heavy atom. The molecule has 2 aromatic rings. The first-order chi connectivity index (χ1) is 12.5. The van der Waals surface area contributed by atoms with Crippen molar-refractivity contribution in [3.63, 3.8) is 0 Å². The second kappa shape index (κ2) is 11.5. The van der Waals surface area contributed by atoms with E-state index in [9.17, 15) is 28.3 Å². The van der Waals surface area contributed by atoms with E-state index in [0.29, 0.717) is 5.56 Å². The van der Waals surface area contributed by atoms with E-state index in [1.807, 2.05) is 30.3 Å². The van der Waals surface area contributed by atoms with Crippen LogP contribution in [0.2, 0.25) is 0 Å². The van der Waals surface area contributed by atoms with Crippen molar-refractivity contribution in [2.45, 2.75) is 12.5 Å². The van der Waals surface area contributed by atoms with Crippen LogP contribution in [-0.2, 0) is 16.0 Å². The molecule has 0 fully saturated rings. The Hall–Kier alpha value is -3.09. The smallest absolute Gasteiger partial charge is 0.326 e. The molecule has 0 aliphatic rings. The normalized spacial score (nSPS) is 10.8. The van der Waals surface area contributed by atoms with Crippen molar-refractivity contribution < 1.29 is 28.3 Å². The van der Waals surface area contributed by atoms with Gasteiger partial charge in [-0.15, -0.1) is 0 Å². The lowest BCUT2D eigenvalue weighted by atomic mass is 10.1. The summed E-state index contributed by atoms with van der Waals surface area (Å²) >= 11 is 0. The molecule has 2 aromatic carbocycles. The number of carbonyl (C=O) groups is 3. The lowest BCUT2D eigenvalue weighted by Crippen LogP contribution is -2.42. The van der Waals surface area contributed by atoms with Crippen LogP contribution in [0.4, 0.5) is 8.78 Å². The maximum atomic E-state index is 12.0. The Bertz CT molecular complexity index is 702. The Morgan fingerprint density at radius 3 is 1.81 bits per heavy atom. The second-order valence-corrected chi connectivity index (χ2v) is 5.23. The van der Waals surface area contributed by atoms with Gasteiger partial charge in [-0.2, -0.15) is 0 Å². The minimum atomic E-state index is -1.18. The largest absolute Gasteiger partial charge is 0.480 e. The first-order valence-corrected chi connectivity index (χ1v) is 7.74. The average Bonchev–Trinajstić information content (AvgIpc) is 2.68. The predicted molar refractivity (Wildman–Crippen MR) is 92.4 cm³/mol. The van der Waals surface area contributed by atoms with Crippen molar-refractivity contribution in [1.29, 1.82) is 0 Å². The second-order valence-electron chi connectivity index (χ2n) is 5.23. The molecule has 0 aliphatic carbocycles. The van der Waals surface area contributed by atoms with Crippen LogP contribution in [0, 0.1) is 0 Å². The molecule has 0 unspecified atom stereocenters. The molecule has 26 heavy (non-hydrogen) atoms. The number of Topliss-reactive ketones (excluding diaryl/α,β-unsaturated/α-hetero) is 1. The van der Waals surface area contributed by atoms with Gasteiger partial charge < -0.3 is 10.4 Å². The molecule has 0 saturated heterocycles. The summed E-state index contributed by atoms with van der Waals surface area (Å²) < 4.78 is 21.6. The van der Waals surface area contributed by atoms with Crippen LogP contribution in [0.3, 0.4) is 0 Å². The maximum absolute atomic E-state index is 12.0. The Labute approximate surface area is 149 Å². The van der Waals surface area contributed by atoms with Gasteiger partial charge in [0.25, 0.3) is 5.91 Å². The minimum Gasteiger partial charge on any atom is -0.480 e. The maximum Gasteiger partial charge on any atom is 0.326 e. The number of carbonyl (C=O) groups excluding carboxylic acids is 2. The van der Waals surface area contributed by atoms with Gasteiger partial charge in [0.05, 0.1) is 0 Å². The average molecular weight is 363 g/mol. The van der Waals surface area contributed by atoms with Crippen molar-refractivity contribution in [3.05, 3.63) is 71.8 Å². The van der Waals surface area contributed by atoms with E-state index in [1.54, 1.807) is 30.3 Å². The summed E-state index contributed by atoms with van der Waals surface area (Å²) in [6.45, 7) is -2.37. The molecule has 138 valence electrons. The molecule has 1 amide bonds. The number of halogens is 2. The third kappa shape index (κ3) is 7.65. The SMILES string of the molecule is O=C(CF)CF.O=C(N[C@@H](Cc1ccccc1)C(=O)O)c1ccccc1. The van der Waals surface area contributed by atoms with Gasteiger partial charge in [-0.3, -0.25) is 9.59 Å². The van der Waals surface area contributed by atoms with E-state index in [0.717, 1.165) is 5.56 Å². The summed E-state index contributed by atoms with van der Waals surface area (Å²) in [6.07, 6.45) is 0.259. The van der Waals surface area contributed by atoms with E-state index < -0.39 is 31.1 Å². The Balaban J connectivity index is 0.000000487. The van der Waals surface area contributed by atoms with Gasteiger partial charge in [-0.05, 0) is 17.7 Å².